The highest BCUT2D eigenvalue weighted by atomic mass is 79.9. The molecule has 0 saturated heterocycles. The summed E-state index contributed by atoms with van der Waals surface area (Å²) in [6.45, 7) is 5.86. The van der Waals surface area contributed by atoms with E-state index in [9.17, 15) is 4.79 Å². The summed E-state index contributed by atoms with van der Waals surface area (Å²) in [7, 11) is 0. The molecule has 0 heterocycles. The van der Waals surface area contributed by atoms with Crippen LogP contribution in [0.1, 0.15) is 29.8 Å². The van der Waals surface area contributed by atoms with Crippen molar-refractivity contribution in [2.75, 3.05) is 0 Å². The summed E-state index contributed by atoms with van der Waals surface area (Å²) in [4.78, 5) is 10.4. The number of hydrogen-bond donors (Lipinski definition) is 1. The van der Waals surface area contributed by atoms with Crippen molar-refractivity contribution in [3.8, 4) is 0 Å². The fraction of sp³-hybridized carbons (Fsp3) is 0.300. The van der Waals surface area contributed by atoms with E-state index in [1.165, 1.54) is 0 Å². The van der Waals surface area contributed by atoms with Gasteiger partial charge in [0.15, 0.2) is 0 Å². The van der Waals surface area contributed by atoms with Gasteiger partial charge in [-0.2, -0.15) is 0 Å². The normalized spacial score (nSPS) is 8.62. The summed E-state index contributed by atoms with van der Waals surface area (Å²) in [5.74, 6) is -0.888. The molecule has 0 aliphatic heterocycles. The molecule has 1 rings (SSSR count). The van der Waals surface area contributed by atoms with Gasteiger partial charge in [0.2, 0.25) is 0 Å². The highest BCUT2D eigenvalue weighted by Gasteiger charge is 2.02. The van der Waals surface area contributed by atoms with Gasteiger partial charge in [-0.05, 0) is 30.7 Å². The smallest absolute Gasteiger partial charge is 0.335 e. The molecule has 1 aromatic carbocycles. The number of hydrogen-bond acceptors (Lipinski definition) is 1. The third-order valence-corrected chi connectivity index (χ3v) is 2.29. The molecule has 3 heteroatoms. The van der Waals surface area contributed by atoms with Gasteiger partial charge in [0, 0.05) is 4.47 Å². The summed E-state index contributed by atoms with van der Waals surface area (Å²) in [5.41, 5.74) is 1.26. The maximum atomic E-state index is 10.4. The number of halogens is 1. The van der Waals surface area contributed by atoms with Gasteiger partial charge in [0.25, 0.3) is 0 Å². The van der Waals surface area contributed by atoms with Crippen molar-refractivity contribution in [1.29, 1.82) is 0 Å². The Kier molecular flexibility index (Phi) is 5.39. The Morgan fingerprint density at radius 3 is 2.31 bits per heavy atom. The minimum atomic E-state index is -0.888. The molecule has 13 heavy (non-hydrogen) atoms. The zero-order chi connectivity index (χ0) is 10.4. The van der Waals surface area contributed by atoms with Crippen molar-refractivity contribution in [1.82, 2.24) is 0 Å². The van der Waals surface area contributed by atoms with Crippen molar-refractivity contribution in [3.63, 3.8) is 0 Å². The molecular weight excluding hydrogens is 232 g/mol. The Bertz CT molecular complexity index is 295. The van der Waals surface area contributed by atoms with Gasteiger partial charge in [-0.3, -0.25) is 0 Å². The van der Waals surface area contributed by atoms with Crippen LogP contribution >= 0.6 is 15.9 Å². The Morgan fingerprint density at radius 1 is 1.38 bits per heavy atom. The number of rotatable bonds is 1. The quantitative estimate of drug-likeness (QED) is 0.822. The van der Waals surface area contributed by atoms with Crippen LogP contribution in [0.25, 0.3) is 0 Å². The summed E-state index contributed by atoms with van der Waals surface area (Å²) < 4.78 is 0.933. The molecule has 0 aliphatic carbocycles. The first-order valence-electron chi connectivity index (χ1n) is 4.10. The second kappa shape index (κ2) is 5.75. The SMILES string of the molecule is CC.Cc1cc(C(=O)O)ccc1Br. The average Bonchev–Trinajstić information content (AvgIpc) is 2.13. The molecular formula is C10H13BrO2. The Hall–Kier alpha value is -0.830. The molecule has 0 fully saturated rings. The predicted octanol–water partition coefficient (Wildman–Crippen LogP) is 3.48. The Morgan fingerprint density at radius 2 is 1.92 bits per heavy atom. The number of aryl methyl sites for hydroxylation is 1. The van der Waals surface area contributed by atoms with Crippen molar-refractivity contribution in [2.24, 2.45) is 0 Å². The van der Waals surface area contributed by atoms with Gasteiger partial charge in [-0.15, -0.1) is 0 Å². The maximum absolute atomic E-state index is 10.4. The lowest BCUT2D eigenvalue weighted by Crippen LogP contribution is -1.95. The number of carbonyl (C=O) groups is 1. The van der Waals surface area contributed by atoms with Crippen LogP contribution in [-0.2, 0) is 0 Å². The van der Waals surface area contributed by atoms with E-state index in [2.05, 4.69) is 15.9 Å². The van der Waals surface area contributed by atoms with Crippen LogP contribution in [0, 0.1) is 6.92 Å². The van der Waals surface area contributed by atoms with Gasteiger partial charge in [0.05, 0.1) is 5.56 Å². The van der Waals surface area contributed by atoms with Gasteiger partial charge < -0.3 is 5.11 Å². The number of aromatic carboxylic acids is 1. The summed E-state index contributed by atoms with van der Waals surface area (Å²) in [5, 5.41) is 8.58. The average molecular weight is 245 g/mol. The first kappa shape index (κ1) is 12.2. The van der Waals surface area contributed by atoms with Crippen molar-refractivity contribution in [3.05, 3.63) is 33.8 Å². The molecule has 0 bridgehead atoms. The molecule has 0 aliphatic rings. The lowest BCUT2D eigenvalue weighted by Gasteiger charge is -1.98. The van der Waals surface area contributed by atoms with Gasteiger partial charge >= 0.3 is 5.97 Å². The zero-order valence-electron chi connectivity index (χ0n) is 7.97. The van der Waals surface area contributed by atoms with E-state index >= 15 is 0 Å². The van der Waals surface area contributed by atoms with Crippen molar-refractivity contribution < 1.29 is 9.90 Å². The van der Waals surface area contributed by atoms with Crippen LogP contribution in [0.5, 0.6) is 0 Å². The second-order valence-electron chi connectivity index (χ2n) is 2.27. The highest BCUT2D eigenvalue weighted by Crippen LogP contribution is 2.16. The van der Waals surface area contributed by atoms with Crippen LogP contribution in [0.2, 0.25) is 0 Å². The van der Waals surface area contributed by atoms with Gasteiger partial charge in [-0.25, -0.2) is 4.79 Å². The molecule has 0 unspecified atom stereocenters. The van der Waals surface area contributed by atoms with Crippen molar-refractivity contribution in [2.45, 2.75) is 20.8 Å². The molecule has 72 valence electrons. The number of benzene rings is 1. The lowest BCUT2D eigenvalue weighted by atomic mass is 10.1. The molecule has 1 N–H and O–H groups in total. The van der Waals surface area contributed by atoms with Crippen LogP contribution in [0.3, 0.4) is 0 Å². The maximum Gasteiger partial charge on any atom is 0.335 e. The van der Waals surface area contributed by atoms with Crippen LogP contribution in [-0.4, -0.2) is 11.1 Å². The highest BCUT2D eigenvalue weighted by molar-refractivity contribution is 9.10. The minimum Gasteiger partial charge on any atom is -0.478 e. The predicted molar refractivity (Wildman–Crippen MR) is 57.2 cm³/mol. The van der Waals surface area contributed by atoms with Gasteiger partial charge in [0.1, 0.15) is 0 Å². The Labute approximate surface area is 86.7 Å². The summed E-state index contributed by atoms with van der Waals surface area (Å²) >= 11 is 3.29. The molecule has 0 aromatic heterocycles. The lowest BCUT2D eigenvalue weighted by molar-refractivity contribution is 0.0697. The number of carboxylic acid groups (broad SMARTS) is 1. The third kappa shape index (κ3) is 3.59. The largest absolute Gasteiger partial charge is 0.478 e. The van der Waals surface area contributed by atoms with E-state index in [1.807, 2.05) is 20.8 Å². The van der Waals surface area contributed by atoms with E-state index in [-0.39, 0.29) is 0 Å². The first-order valence-corrected chi connectivity index (χ1v) is 4.90. The second-order valence-corrected chi connectivity index (χ2v) is 3.12. The topological polar surface area (TPSA) is 37.3 Å². The zero-order valence-corrected chi connectivity index (χ0v) is 9.55. The fourth-order valence-electron chi connectivity index (χ4n) is 0.778. The van der Waals surface area contributed by atoms with E-state index in [0.717, 1.165) is 10.0 Å². The van der Waals surface area contributed by atoms with Crippen molar-refractivity contribution >= 4 is 21.9 Å². The molecule has 2 nitrogen and oxygen atoms in total. The van der Waals surface area contributed by atoms with Crippen LogP contribution in [0.15, 0.2) is 22.7 Å². The van der Waals surface area contributed by atoms with Crippen LogP contribution < -0.4 is 0 Å². The first-order chi connectivity index (χ1) is 6.11. The third-order valence-electron chi connectivity index (χ3n) is 1.40. The van der Waals surface area contributed by atoms with E-state index in [0.29, 0.717) is 5.56 Å². The van der Waals surface area contributed by atoms with E-state index in [1.54, 1.807) is 18.2 Å². The Balaban J connectivity index is 0.000000671. The molecule has 0 amide bonds. The monoisotopic (exact) mass is 244 g/mol. The van der Waals surface area contributed by atoms with E-state index in [4.69, 9.17) is 5.11 Å². The fourth-order valence-corrected chi connectivity index (χ4v) is 1.02. The molecule has 1 aromatic rings. The van der Waals surface area contributed by atoms with Gasteiger partial charge in [-0.1, -0.05) is 29.8 Å². The standard InChI is InChI=1S/C8H7BrO2.C2H6/c1-5-4-6(8(10)11)2-3-7(5)9;1-2/h2-4H,1H3,(H,10,11);1-2H3. The molecule has 0 spiro atoms. The molecule has 0 saturated carbocycles. The minimum absolute atomic E-state index is 0.325. The summed E-state index contributed by atoms with van der Waals surface area (Å²) in [6.07, 6.45) is 0. The van der Waals surface area contributed by atoms with E-state index < -0.39 is 5.97 Å². The molecule has 0 radical (unpaired) electrons. The van der Waals surface area contributed by atoms with Crippen LogP contribution in [0.4, 0.5) is 0 Å². The molecule has 0 atom stereocenters. The number of carboxylic acids is 1. The summed E-state index contributed by atoms with van der Waals surface area (Å²) in [6, 6.07) is 4.94.